The SMILES string of the molecule is CCOc1cc(/C=N\NC(=O)c2cccc3ccccc23)cc(Cl)c1OCc1ccccc1C. The summed E-state index contributed by atoms with van der Waals surface area (Å²) in [7, 11) is 0. The number of fused-ring (bicyclic) bond motifs is 1. The van der Waals surface area contributed by atoms with Crippen LogP contribution < -0.4 is 14.9 Å². The lowest BCUT2D eigenvalue weighted by molar-refractivity contribution is 0.0957. The monoisotopic (exact) mass is 472 g/mol. The van der Waals surface area contributed by atoms with E-state index in [2.05, 4.69) is 10.5 Å². The molecule has 0 aromatic heterocycles. The Morgan fingerprint density at radius 1 is 1.00 bits per heavy atom. The molecule has 0 saturated carbocycles. The number of ether oxygens (including phenoxy) is 2. The summed E-state index contributed by atoms with van der Waals surface area (Å²) >= 11 is 6.53. The Hall–Kier alpha value is -3.83. The maximum Gasteiger partial charge on any atom is 0.271 e. The number of amides is 1. The third-order valence-electron chi connectivity index (χ3n) is 5.38. The Kier molecular flexibility index (Phi) is 7.45. The Bertz CT molecular complexity index is 1350. The number of hydrogen-bond acceptors (Lipinski definition) is 4. The molecule has 0 atom stereocenters. The minimum atomic E-state index is -0.289. The average Bonchev–Trinajstić information content (AvgIpc) is 2.84. The number of carbonyl (C=O) groups excluding carboxylic acids is 1. The standard InChI is InChI=1S/C28H25ClN2O3/c1-3-33-26-16-20(15-25(29)27(26)34-18-22-11-5-4-9-19(22)2)17-30-31-28(32)24-14-8-12-21-10-6-7-13-23(21)24/h4-17H,3,18H2,1-2H3,(H,31,32)/b30-17-. The van der Waals surface area contributed by atoms with Crippen LogP contribution in [0.5, 0.6) is 11.5 Å². The van der Waals surface area contributed by atoms with Crippen molar-refractivity contribution in [2.24, 2.45) is 5.10 Å². The van der Waals surface area contributed by atoms with E-state index in [-0.39, 0.29) is 5.91 Å². The summed E-state index contributed by atoms with van der Waals surface area (Å²) in [6, 6.07) is 24.9. The lowest BCUT2D eigenvalue weighted by Crippen LogP contribution is -2.17. The van der Waals surface area contributed by atoms with E-state index in [9.17, 15) is 4.79 Å². The van der Waals surface area contributed by atoms with Crippen LogP contribution in [0, 0.1) is 6.92 Å². The first-order valence-corrected chi connectivity index (χ1v) is 11.4. The molecule has 0 radical (unpaired) electrons. The molecule has 0 saturated heterocycles. The fourth-order valence-electron chi connectivity index (χ4n) is 3.64. The van der Waals surface area contributed by atoms with Gasteiger partial charge in [-0.25, -0.2) is 5.43 Å². The summed E-state index contributed by atoms with van der Waals surface area (Å²) in [6.07, 6.45) is 1.53. The zero-order valence-electron chi connectivity index (χ0n) is 19.0. The van der Waals surface area contributed by atoms with Gasteiger partial charge in [0.15, 0.2) is 11.5 Å². The Morgan fingerprint density at radius 2 is 1.76 bits per heavy atom. The predicted octanol–water partition coefficient (Wildman–Crippen LogP) is 6.54. The molecule has 34 heavy (non-hydrogen) atoms. The van der Waals surface area contributed by atoms with Gasteiger partial charge in [-0.1, -0.05) is 72.3 Å². The number of halogens is 1. The van der Waals surface area contributed by atoms with E-state index in [0.717, 1.165) is 21.9 Å². The molecule has 0 aliphatic carbocycles. The van der Waals surface area contributed by atoms with Crippen molar-refractivity contribution in [1.82, 2.24) is 5.43 Å². The number of hydrazone groups is 1. The molecule has 0 aliphatic rings. The highest BCUT2D eigenvalue weighted by atomic mass is 35.5. The number of aryl methyl sites for hydroxylation is 1. The molecule has 6 heteroatoms. The van der Waals surface area contributed by atoms with Crippen LogP contribution in [0.1, 0.15) is 34.0 Å². The molecule has 4 aromatic carbocycles. The Morgan fingerprint density at radius 3 is 2.59 bits per heavy atom. The molecule has 0 unspecified atom stereocenters. The number of carbonyl (C=O) groups is 1. The molecular weight excluding hydrogens is 448 g/mol. The highest BCUT2D eigenvalue weighted by Crippen LogP contribution is 2.37. The molecule has 0 aliphatic heterocycles. The minimum Gasteiger partial charge on any atom is -0.490 e. The van der Waals surface area contributed by atoms with Crippen molar-refractivity contribution in [1.29, 1.82) is 0 Å². The van der Waals surface area contributed by atoms with Crippen molar-refractivity contribution in [3.8, 4) is 11.5 Å². The molecule has 5 nitrogen and oxygen atoms in total. The number of rotatable bonds is 8. The van der Waals surface area contributed by atoms with E-state index >= 15 is 0 Å². The average molecular weight is 473 g/mol. The van der Waals surface area contributed by atoms with E-state index < -0.39 is 0 Å². The fourth-order valence-corrected chi connectivity index (χ4v) is 3.91. The van der Waals surface area contributed by atoms with Crippen LogP contribution in [-0.4, -0.2) is 18.7 Å². The maximum atomic E-state index is 12.7. The molecule has 4 aromatic rings. The largest absolute Gasteiger partial charge is 0.490 e. The third kappa shape index (κ3) is 5.38. The molecule has 172 valence electrons. The topological polar surface area (TPSA) is 59.9 Å². The fraction of sp³-hybridized carbons (Fsp3) is 0.143. The first-order valence-electron chi connectivity index (χ1n) is 11.0. The van der Waals surface area contributed by atoms with Gasteiger partial charge in [-0.15, -0.1) is 0 Å². The van der Waals surface area contributed by atoms with Crippen LogP contribution in [0.2, 0.25) is 5.02 Å². The number of nitrogens with zero attached hydrogens (tertiary/aromatic N) is 1. The second-order valence-corrected chi connectivity index (χ2v) is 8.11. The van der Waals surface area contributed by atoms with Crippen LogP contribution in [0.4, 0.5) is 0 Å². The maximum absolute atomic E-state index is 12.7. The summed E-state index contributed by atoms with van der Waals surface area (Å²) in [6.45, 7) is 4.76. The summed E-state index contributed by atoms with van der Waals surface area (Å²) < 4.78 is 11.8. The smallest absolute Gasteiger partial charge is 0.271 e. The van der Waals surface area contributed by atoms with Crippen LogP contribution in [0.25, 0.3) is 10.8 Å². The molecule has 0 bridgehead atoms. The first kappa shape index (κ1) is 23.3. The molecule has 1 N–H and O–H groups in total. The van der Waals surface area contributed by atoms with Crippen molar-refractivity contribution in [3.05, 3.63) is 106 Å². The van der Waals surface area contributed by atoms with Crippen molar-refractivity contribution >= 4 is 34.5 Å². The lowest BCUT2D eigenvalue weighted by atomic mass is 10.0. The quantitative estimate of drug-likeness (QED) is 0.234. The third-order valence-corrected chi connectivity index (χ3v) is 5.66. The highest BCUT2D eigenvalue weighted by Gasteiger charge is 2.13. The summed E-state index contributed by atoms with van der Waals surface area (Å²) in [5.74, 6) is 0.705. The van der Waals surface area contributed by atoms with Crippen LogP contribution in [0.3, 0.4) is 0 Å². The predicted molar refractivity (Wildman–Crippen MR) is 137 cm³/mol. The van der Waals surface area contributed by atoms with Gasteiger partial charge in [0.1, 0.15) is 6.61 Å². The highest BCUT2D eigenvalue weighted by molar-refractivity contribution is 6.32. The zero-order valence-corrected chi connectivity index (χ0v) is 19.8. The molecule has 0 fully saturated rings. The van der Waals surface area contributed by atoms with Gasteiger partial charge >= 0.3 is 0 Å². The van der Waals surface area contributed by atoms with Gasteiger partial charge in [0, 0.05) is 5.56 Å². The van der Waals surface area contributed by atoms with Crippen molar-refractivity contribution in [3.63, 3.8) is 0 Å². The van der Waals surface area contributed by atoms with Gasteiger partial charge in [-0.05, 0) is 59.5 Å². The van der Waals surface area contributed by atoms with Gasteiger partial charge in [-0.3, -0.25) is 4.79 Å². The van der Waals surface area contributed by atoms with Gasteiger partial charge in [-0.2, -0.15) is 5.10 Å². The summed E-state index contributed by atoms with van der Waals surface area (Å²) in [5.41, 5.74) is 6.04. The number of benzene rings is 4. The molecule has 4 rings (SSSR count). The second-order valence-electron chi connectivity index (χ2n) is 7.70. The van der Waals surface area contributed by atoms with Crippen molar-refractivity contribution in [2.75, 3.05) is 6.61 Å². The second kappa shape index (κ2) is 10.9. The van der Waals surface area contributed by atoms with Crippen LogP contribution >= 0.6 is 11.6 Å². The Labute approximate surface area is 204 Å². The normalized spacial score (nSPS) is 11.0. The van der Waals surface area contributed by atoms with Gasteiger partial charge in [0.25, 0.3) is 5.91 Å². The molecular formula is C28H25ClN2O3. The first-order chi connectivity index (χ1) is 16.6. The van der Waals surface area contributed by atoms with E-state index in [4.69, 9.17) is 21.1 Å². The van der Waals surface area contributed by atoms with E-state index in [0.29, 0.717) is 40.9 Å². The number of hydrogen-bond donors (Lipinski definition) is 1. The summed E-state index contributed by atoms with van der Waals surface area (Å²) in [4.78, 5) is 12.7. The van der Waals surface area contributed by atoms with Crippen molar-refractivity contribution in [2.45, 2.75) is 20.5 Å². The Balaban J connectivity index is 1.50. The van der Waals surface area contributed by atoms with E-state index in [1.165, 1.54) is 6.21 Å². The van der Waals surface area contributed by atoms with Gasteiger partial charge in [0.2, 0.25) is 0 Å². The lowest BCUT2D eigenvalue weighted by Gasteiger charge is -2.15. The van der Waals surface area contributed by atoms with Crippen LogP contribution in [-0.2, 0) is 6.61 Å². The van der Waals surface area contributed by atoms with Crippen LogP contribution in [0.15, 0.2) is 84.0 Å². The van der Waals surface area contributed by atoms with E-state index in [1.807, 2.05) is 74.5 Å². The van der Waals surface area contributed by atoms with Crippen molar-refractivity contribution < 1.29 is 14.3 Å². The molecule has 0 heterocycles. The summed E-state index contributed by atoms with van der Waals surface area (Å²) in [5, 5.41) is 6.39. The van der Waals surface area contributed by atoms with Gasteiger partial charge < -0.3 is 9.47 Å². The number of nitrogens with one attached hydrogen (secondary N) is 1. The molecule has 1 amide bonds. The van der Waals surface area contributed by atoms with Gasteiger partial charge in [0.05, 0.1) is 17.8 Å². The molecule has 0 spiro atoms. The van der Waals surface area contributed by atoms with E-state index in [1.54, 1.807) is 18.2 Å². The minimum absolute atomic E-state index is 0.289. The zero-order chi connectivity index (χ0) is 23.9.